The van der Waals surface area contributed by atoms with Gasteiger partial charge in [0.2, 0.25) is 5.75 Å². The van der Waals surface area contributed by atoms with Crippen LogP contribution in [0.15, 0.2) is 41.6 Å². The average molecular weight is 433 g/mol. The predicted octanol–water partition coefficient (Wildman–Crippen LogP) is 3.36. The summed E-state index contributed by atoms with van der Waals surface area (Å²) in [4.78, 5) is 11.6. The first kappa shape index (κ1) is 21.4. The van der Waals surface area contributed by atoms with Crippen LogP contribution < -0.4 is 14.2 Å². The zero-order chi connectivity index (χ0) is 21.7. The Morgan fingerprint density at radius 3 is 2.27 bits per heavy atom. The van der Waals surface area contributed by atoms with E-state index in [1.54, 1.807) is 30.3 Å². The van der Waals surface area contributed by atoms with Crippen molar-refractivity contribution in [3.63, 3.8) is 0 Å². The van der Waals surface area contributed by atoms with Gasteiger partial charge in [-0.25, -0.2) is 4.39 Å². The fourth-order valence-electron chi connectivity index (χ4n) is 2.79. The molecule has 2 aromatic carbocycles. The van der Waals surface area contributed by atoms with Crippen molar-refractivity contribution in [3.05, 3.63) is 42.2 Å². The number of rotatable bonds is 8. The van der Waals surface area contributed by atoms with Gasteiger partial charge in [0, 0.05) is 5.56 Å². The van der Waals surface area contributed by atoms with Crippen LogP contribution in [-0.4, -0.2) is 54.9 Å². The van der Waals surface area contributed by atoms with Gasteiger partial charge in [0.25, 0.3) is 0 Å². The highest BCUT2D eigenvalue weighted by Gasteiger charge is 2.22. The van der Waals surface area contributed by atoms with Crippen LogP contribution in [0.4, 0.5) is 4.39 Å². The molecule has 0 aliphatic carbocycles. The Kier molecular flexibility index (Phi) is 6.78. The van der Waals surface area contributed by atoms with Crippen LogP contribution in [0.1, 0.15) is 0 Å². The molecular formula is C20H20FN3O5S. The predicted molar refractivity (Wildman–Crippen MR) is 109 cm³/mol. The number of benzene rings is 2. The lowest BCUT2D eigenvalue weighted by Gasteiger charge is -2.15. The Balaban J connectivity index is 2.19. The van der Waals surface area contributed by atoms with Gasteiger partial charge in [0.1, 0.15) is 5.82 Å². The van der Waals surface area contributed by atoms with Crippen molar-refractivity contribution in [2.24, 2.45) is 0 Å². The molecule has 10 heteroatoms. The van der Waals surface area contributed by atoms with Crippen LogP contribution in [0.5, 0.6) is 17.2 Å². The second-order valence-electron chi connectivity index (χ2n) is 5.87. The fraction of sp³-hybridized carbons (Fsp3) is 0.250. The molecule has 0 saturated heterocycles. The number of halogens is 1. The highest BCUT2D eigenvalue weighted by Crippen LogP contribution is 2.41. The minimum Gasteiger partial charge on any atom is -0.493 e. The largest absolute Gasteiger partial charge is 0.493 e. The molecule has 30 heavy (non-hydrogen) atoms. The maximum Gasteiger partial charge on any atom is 0.316 e. The molecular weight excluding hydrogens is 413 g/mol. The minimum atomic E-state index is -0.467. The summed E-state index contributed by atoms with van der Waals surface area (Å²) in [5.41, 5.74) is 0.795. The smallest absolute Gasteiger partial charge is 0.316 e. The lowest BCUT2D eigenvalue weighted by Crippen LogP contribution is -2.06. The van der Waals surface area contributed by atoms with E-state index in [9.17, 15) is 9.18 Å². The lowest BCUT2D eigenvalue weighted by atomic mass is 10.1. The van der Waals surface area contributed by atoms with Crippen molar-refractivity contribution in [2.45, 2.75) is 5.16 Å². The van der Waals surface area contributed by atoms with Gasteiger partial charge >= 0.3 is 5.97 Å². The first-order chi connectivity index (χ1) is 14.5. The Bertz CT molecular complexity index is 1030. The highest BCUT2D eigenvalue weighted by atomic mass is 32.2. The zero-order valence-electron chi connectivity index (χ0n) is 16.8. The van der Waals surface area contributed by atoms with Crippen LogP contribution in [0, 0.1) is 5.82 Å². The monoisotopic (exact) mass is 433 g/mol. The van der Waals surface area contributed by atoms with Crippen molar-refractivity contribution >= 4 is 17.7 Å². The van der Waals surface area contributed by atoms with Crippen LogP contribution in [0.2, 0.25) is 0 Å². The summed E-state index contributed by atoms with van der Waals surface area (Å²) in [5.74, 6) is 0.687. The van der Waals surface area contributed by atoms with Crippen LogP contribution >= 0.6 is 11.8 Å². The zero-order valence-corrected chi connectivity index (χ0v) is 17.7. The molecule has 0 unspecified atom stereocenters. The Morgan fingerprint density at radius 1 is 1.03 bits per heavy atom. The number of methoxy groups -OCH3 is 4. The first-order valence-corrected chi connectivity index (χ1v) is 9.72. The molecule has 0 aliphatic heterocycles. The summed E-state index contributed by atoms with van der Waals surface area (Å²) in [5, 5.41) is 8.72. The minimum absolute atomic E-state index is 0.00165. The topological polar surface area (TPSA) is 84.7 Å². The van der Waals surface area contributed by atoms with Crippen molar-refractivity contribution in [3.8, 4) is 34.3 Å². The second kappa shape index (κ2) is 9.49. The quantitative estimate of drug-likeness (QED) is 0.395. The number of hydrogen-bond donors (Lipinski definition) is 0. The van der Waals surface area contributed by atoms with Gasteiger partial charge in [-0.1, -0.05) is 23.9 Å². The molecule has 0 radical (unpaired) electrons. The van der Waals surface area contributed by atoms with Crippen molar-refractivity contribution in [1.29, 1.82) is 0 Å². The van der Waals surface area contributed by atoms with E-state index in [0.29, 0.717) is 33.8 Å². The van der Waals surface area contributed by atoms with Gasteiger partial charge in [-0.3, -0.25) is 9.36 Å². The van der Waals surface area contributed by atoms with Crippen LogP contribution in [0.3, 0.4) is 0 Å². The molecule has 8 nitrogen and oxygen atoms in total. The first-order valence-electron chi connectivity index (χ1n) is 8.74. The van der Waals surface area contributed by atoms with E-state index in [4.69, 9.17) is 14.2 Å². The summed E-state index contributed by atoms with van der Waals surface area (Å²) >= 11 is 1.09. The fourth-order valence-corrected chi connectivity index (χ4v) is 3.57. The SMILES string of the molecule is COC(=O)CSc1nnc(-c2cc(OC)c(OC)c(OC)c2)n1-c1ccccc1F. The maximum absolute atomic E-state index is 14.7. The van der Waals surface area contributed by atoms with Gasteiger partial charge < -0.3 is 18.9 Å². The van der Waals surface area contributed by atoms with Crippen molar-refractivity contribution in [2.75, 3.05) is 34.2 Å². The van der Waals surface area contributed by atoms with Crippen LogP contribution in [-0.2, 0) is 9.53 Å². The number of carbonyl (C=O) groups is 1. The van der Waals surface area contributed by atoms with E-state index < -0.39 is 11.8 Å². The normalized spacial score (nSPS) is 10.6. The molecule has 0 N–H and O–H groups in total. The molecule has 0 amide bonds. The van der Waals surface area contributed by atoms with Crippen LogP contribution in [0.25, 0.3) is 17.1 Å². The third-order valence-electron chi connectivity index (χ3n) is 4.20. The highest BCUT2D eigenvalue weighted by molar-refractivity contribution is 7.99. The number of ether oxygens (including phenoxy) is 4. The molecule has 3 aromatic rings. The molecule has 0 bridgehead atoms. The maximum atomic E-state index is 14.7. The number of carbonyl (C=O) groups excluding carboxylic acids is 1. The number of aromatic nitrogens is 3. The van der Waals surface area contributed by atoms with E-state index in [0.717, 1.165) is 11.8 Å². The molecule has 1 heterocycles. The molecule has 0 atom stereocenters. The van der Waals surface area contributed by atoms with E-state index >= 15 is 0 Å². The van der Waals surface area contributed by atoms with Gasteiger partial charge in [-0.2, -0.15) is 0 Å². The molecule has 0 fully saturated rings. The second-order valence-corrected chi connectivity index (χ2v) is 6.81. The summed E-state index contributed by atoms with van der Waals surface area (Å²) in [6.07, 6.45) is 0. The van der Waals surface area contributed by atoms with Crippen molar-refractivity contribution < 1.29 is 28.1 Å². The summed E-state index contributed by atoms with van der Waals surface area (Å²) < 4.78 is 37.0. The molecule has 1 aromatic heterocycles. The van der Waals surface area contributed by atoms with Gasteiger partial charge in [0.05, 0.1) is 39.9 Å². The number of thioether (sulfide) groups is 1. The van der Waals surface area contributed by atoms with Crippen molar-refractivity contribution in [1.82, 2.24) is 14.8 Å². The van der Waals surface area contributed by atoms with E-state index in [1.165, 1.54) is 39.1 Å². The van der Waals surface area contributed by atoms with E-state index in [-0.39, 0.29) is 11.4 Å². The molecule has 0 saturated carbocycles. The third-order valence-corrected chi connectivity index (χ3v) is 5.10. The van der Waals surface area contributed by atoms with Gasteiger partial charge in [-0.15, -0.1) is 10.2 Å². The average Bonchev–Trinajstić information content (AvgIpc) is 3.20. The standard InChI is InChI=1S/C20H20FN3O5S/c1-26-15-9-12(10-16(27-2)18(15)29-4)19-22-23-20(30-11-17(25)28-3)24(19)14-8-6-5-7-13(14)21/h5-10H,11H2,1-4H3. The number of para-hydroxylation sites is 1. The van der Waals surface area contributed by atoms with Gasteiger partial charge in [0.15, 0.2) is 22.5 Å². The molecule has 0 aliphatic rings. The summed E-state index contributed by atoms with van der Waals surface area (Å²) in [6, 6.07) is 9.61. The number of esters is 1. The third kappa shape index (κ3) is 4.18. The van der Waals surface area contributed by atoms with E-state index in [1.807, 2.05) is 0 Å². The Labute approximate surface area is 176 Å². The number of nitrogens with zero attached hydrogens (tertiary/aromatic N) is 3. The van der Waals surface area contributed by atoms with E-state index in [2.05, 4.69) is 14.9 Å². The Hall–Kier alpha value is -3.27. The Morgan fingerprint density at radius 2 is 1.70 bits per heavy atom. The number of hydrogen-bond acceptors (Lipinski definition) is 8. The van der Waals surface area contributed by atoms with Gasteiger partial charge in [-0.05, 0) is 24.3 Å². The molecule has 3 rings (SSSR count). The lowest BCUT2D eigenvalue weighted by molar-refractivity contribution is -0.137. The summed E-state index contributed by atoms with van der Waals surface area (Å²) in [7, 11) is 5.80. The molecule has 0 spiro atoms. The summed E-state index contributed by atoms with van der Waals surface area (Å²) in [6.45, 7) is 0. The molecule has 158 valence electrons.